The van der Waals surface area contributed by atoms with Gasteiger partial charge in [-0.3, -0.25) is 0 Å². The number of hydrogen-bond acceptors (Lipinski definition) is 0. The van der Waals surface area contributed by atoms with Gasteiger partial charge in [0.2, 0.25) is 0 Å². The van der Waals surface area contributed by atoms with E-state index in [-0.39, 0.29) is 0 Å². The molecule has 0 radical (unpaired) electrons. The molecule has 0 aliphatic carbocycles. The van der Waals surface area contributed by atoms with Gasteiger partial charge in [0.1, 0.15) is 0 Å². The molecule has 0 saturated heterocycles. The second-order valence-corrected chi connectivity index (χ2v) is 10.7. The Hall–Kier alpha value is 0. The lowest BCUT2D eigenvalue weighted by atomic mass is 9.89. The molecule has 0 heterocycles. The third kappa shape index (κ3) is 26.1. The van der Waals surface area contributed by atoms with Crippen molar-refractivity contribution in [3.8, 4) is 0 Å². The van der Waals surface area contributed by atoms with Gasteiger partial charge >= 0.3 is 0 Å². The first-order valence-corrected chi connectivity index (χ1v) is 15.3. The summed E-state index contributed by atoms with van der Waals surface area (Å²) in [7, 11) is 0. The molecule has 0 nitrogen and oxygen atoms in total. The summed E-state index contributed by atoms with van der Waals surface area (Å²) in [5.41, 5.74) is 0. The van der Waals surface area contributed by atoms with Gasteiger partial charge in [0.05, 0.1) is 0 Å². The van der Waals surface area contributed by atoms with E-state index >= 15 is 0 Å². The van der Waals surface area contributed by atoms with Crippen LogP contribution in [0.4, 0.5) is 0 Å². The summed E-state index contributed by atoms with van der Waals surface area (Å²) >= 11 is 0. The molecule has 0 saturated carbocycles. The van der Waals surface area contributed by atoms with Crippen LogP contribution in [0.3, 0.4) is 0 Å². The van der Waals surface area contributed by atoms with Gasteiger partial charge in [0.25, 0.3) is 0 Å². The lowest BCUT2D eigenvalue weighted by molar-refractivity contribution is 0.365. The van der Waals surface area contributed by atoms with Crippen LogP contribution in [0.25, 0.3) is 0 Å². The van der Waals surface area contributed by atoms with Gasteiger partial charge in [-0.1, -0.05) is 194 Å². The molecule has 0 amide bonds. The van der Waals surface area contributed by atoms with Crippen LogP contribution < -0.4 is 0 Å². The van der Waals surface area contributed by atoms with Crippen molar-refractivity contribution in [1.82, 2.24) is 0 Å². The van der Waals surface area contributed by atoms with Gasteiger partial charge in [0, 0.05) is 0 Å². The maximum absolute atomic E-state index is 2.33. The summed E-state index contributed by atoms with van der Waals surface area (Å²) < 4.78 is 0. The van der Waals surface area contributed by atoms with Crippen molar-refractivity contribution in [3.05, 3.63) is 0 Å². The molecule has 0 aliphatic heterocycles. The third-order valence-corrected chi connectivity index (χ3v) is 7.40. The molecule has 1 atom stereocenters. The van der Waals surface area contributed by atoms with Crippen molar-refractivity contribution in [2.45, 2.75) is 194 Å². The van der Waals surface area contributed by atoms with Gasteiger partial charge in [-0.2, -0.15) is 0 Å². The Morgan fingerprint density at radius 1 is 0.258 bits per heavy atom. The van der Waals surface area contributed by atoms with Crippen LogP contribution in [-0.2, 0) is 0 Å². The third-order valence-electron chi connectivity index (χ3n) is 7.40. The molecular formula is C31H64. The Morgan fingerprint density at radius 3 is 0.677 bits per heavy atom. The van der Waals surface area contributed by atoms with Gasteiger partial charge in [-0.25, -0.2) is 0 Å². The molecule has 0 aromatic heterocycles. The van der Waals surface area contributed by atoms with Gasteiger partial charge in [-0.05, 0) is 5.92 Å². The fourth-order valence-electron chi connectivity index (χ4n) is 5.13. The zero-order valence-electron chi connectivity index (χ0n) is 22.7. The zero-order chi connectivity index (χ0) is 22.7. The Kier molecular flexibility index (Phi) is 28.0. The van der Waals surface area contributed by atoms with Crippen molar-refractivity contribution in [1.29, 1.82) is 0 Å². The van der Waals surface area contributed by atoms with Crippen LogP contribution in [0.5, 0.6) is 0 Å². The van der Waals surface area contributed by atoms with Gasteiger partial charge < -0.3 is 0 Å². The van der Waals surface area contributed by atoms with Crippen LogP contribution in [0.15, 0.2) is 0 Å². The van der Waals surface area contributed by atoms with E-state index in [1.165, 1.54) is 173 Å². The minimum absolute atomic E-state index is 1.04. The van der Waals surface area contributed by atoms with Crippen LogP contribution in [0.2, 0.25) is 0 Å². The van der Waals surface area contributed by atoms with E-state index < -0.39 is 0 Å². The molecule has 0 aliphatic rings. The lowest BCUT2D eigenvalue weighted by Crippen LogP contribution is -2.01. The maximum atomic E-state index is 2.33. The molecular weight excluding hydrogens is 372 g/mol. The van der Waals surface area contributed by atoms with E-state index in [4.69, 9.17) is 0 Å². The number of hydrogen-bond donors (Lipinski definition) is 0. The molecule has 0 bridgehead atoms. The molecule has 0 aromatic carbocycles. The zero-order valence-corrected chi connectivity index (χ0v) is 22.7. The number of rotatable bonds is 27. The van der Waals surface area contributed by atoms with Crippen molar-refractivity contribution < 1.29 is 0 Å². The molecule has 0 aromatic rings. The first-order chi connectivity index (χ1) is 15.3. The first kappa shape index (κ1) is 31.0. The van der Waals surface area contributed by atoms with Gasteiger partial charge in [-0.15, -0.1) is 0 Å². The standard InChI is InChI=1S/C31H64/c1-4-7-10-13-16-18-19-21-24-27-30-31(28-25-22-15-12-9-6-3)29-26-23-20-17-14-11-8-5-2/h31H,4-30H2,1-3H3. The summed E-state index contributed by atoms with van der Waals surface area (Å²) in [6.45, 7) is 6.96. The van der Waals surface area contributed by atoms with Crippen molar-refractivity contribution in [2.24, 2.45) is 5.92 Å². The maximum Gasteiger partial charge on any atom is -0.0414 e. The van der Waals surface area contributed by atoms with E-state index in [2.05, 4.69) is 20.8 Å². The highest BCUT2D eigenvalue weighted by atomic mass is 14.1. The highest BCUT2D eigenvalue weighted by Crippen LogP contribution is 2.25. The van der Waals surface area contributed by atoms with Crippen LogP contribution in [0, 0.1) is 5.92 Å². The quantitative estimate of drug-likeness (QED) is 0.112. The van der Waals surface area contributed by atoms with Crippen LogP contribution in [0.1, 0.15) is 194 Å². The first-order valence-electron chi connectivity index (χ1n) is 15.3. The molecule has 0 spiro atoms. The Labute approximate surface area is 200 Å². The fraction of sp³-hybridized carbons (Fsp3) is 1.00. The van der Waals surface area contributed by atoms with E-state index in [9.17, 15) is 0 Å². The normalized spacial score (nSPS) is 12.5. The minimum Gasteiger partial charge on any atom is -0.0654 e. The fourth-order valence-corrected chi connectivity index (χ4v) is 5.13. The minimum atomic E-state index is 1.04. The molecule has 0 fully saturated rings. The molecule has 0 rings (SSSR count). The van der Waals surface area contributed by atoms with Gasteiger partial charge in [0.15, 0.2) is 0 Å². The van der Waals surface area contributed by atoms with Crippen molar-refractivity contribution in [2.75, 3.05) is 0 Å². The van der Waals surface area contributed by atoms with E-state index in [0.29, 0.717) is 0 Å². The molecule has 0 N–H and O–H groups in total. The Balaban J connectivity index is 3.78. The van der Waals surface area contributed by atoms with E-state index in [1.807, 2.05) is 0 Å². The smallest absolute Gasteiger partial charge is 0.0414 e. The van der Waals surface area contributed by atoms with Crippen LogP contribution >= 0.6 is 0 Å². The van der Waals surface area contributed by atoms with Crippen molar-refractivity contribution in [3.63, 3.8) is 0 Å². The SMILES string of the molecule is CCCCCCCCCCCCC(CCCCCCCC)CCCCCCCCCC. The average Bonchev–Trinajstić information content (AvgIpc) is 2.78. The summed E-state index contributed by atoms with van der Waals surface area (Å²) in [4.78, 5) is 0. The summed E-state index contributed by atoms with van der Waals surface area (Å²) in [6, 6.07) is 0. The number of unbranched alkanes of at least 4 members (excludes halogenated alkanes) is 21. The molecule has 31 heavy (non-hydrogen) atoms. The summed E-state index contributed by atoms with van der Waals surface area (Å²) in [6.07, 6.45) is 39.8. The largest absolute Gasteiger partial charge is 0.0654 e. The Morgan fingerprint density at radius 2 is 0.452 bits per heavy atom. The predicted molar refractivity (Wildman–Crippen MR) is 145 cm³/mol. The second-order valence-electron chi connectivity index (χ2n) is 10.7. The highest BCUT2D eigenvalue weighted by molar-refractivity contribution is 4.62. The predicted octanol–water partition coefficient (Wildman–Crippen LogP) is 12.2. The molecule has 1 unspecified atom stereocenters. The topological polar surface area (TPSA) is 0 Å². The summed E-state index contributed by atoms with van der Waals surface area (Å²) in [5, 5.41) is 0. The molecule has 188 valence electrons. The van der Waals surface area contributed by atoms with Crippen LogP contribution in [-0.4, -0.2) is 0 Å². The van der Waals surface area contributed by atoms with Crippen molar-refractivity contribution >= 4 is 0 Å². The summed E-state index contributed by atoms with van der Waals surface area (Å²) in [5.74, 6) is 1.04. The van der Waals surface area contributed by atoms with E-state index in [0.717, 1.165) is 5.92 Å². The second kappa shape index (κ2) is 28.0. The molecule has 0 heteroatoms. The average molecular weight is 437 g/mol. The Bertz CT molecular complexity index is 294. The highest BCUT2D eigenvalue weighted by Gasteiger charge is 2.08. The lowest BCUT2D eigenvalue weighted by Gasteiger charge is -2.17. The monoisotopic (exact) mass is 437 g/mol. The van der Waals surface area contributed by atoms with E-state index in [1.54, 1.807) is 0 Å².